The summed E-state index contributed by atoms with van der Waals surface area (Å²) < 4.78 is 1.62. The number of ketones is 1. The van der Waals surface area contributed by atoms with Crippen LogP contribution in [0.25, 0.3) is 22.0 Å². The number of hydrogen-bond acceptors (Lipinski definition) is 4. The molecule has 0 unspecified atom stereocenters. The molecule has 31 heavy (non-hydrogen) atoms. The molecule has 3 rings (SSSR count). The lowest BCUT2D eigenvalue weighted by Crippen LogP contribution is -2.33. The van der Waals surface area contributed by atoms with Crippen molar-refractivity contribution in [1.82, 2.24) is 14.9 Å². The van der Waals surface area contributed by atoms with Gasteiger partial charge in [-0.2, -0.15) is 0 Å². The van der Waals surface area contributed by atoms with Crippen LogP contribution in [0.3, 0.4) is 0 Å². The largest absolute Gasteiger partial charge is 0.331 e. The molecule has 0 radical (unpaired) electrons. The molecule has 162 valence electrons. The molecule has 2 heterocycles. The average Bonchev–Trinajstić information content (AvgIpc) is 2.70. The van der Waals surface area contributed by atoms with Gasteiger partial charge in [0.2, 0.25) is 0 Å². The first-order valence-corrected chi connectivity index (χ1v) is 10.3. The Kier molecular flexibility index (Phi) is 6.53. The van der Waals surface area contributed by atoms with E-state index in [9.17, 15) is 14.4 Å². The summed E-state index contributed by atoms with van der Waals surface area (Å²) in [5.41, 5.74) is 4.26. The fourth-order valence-corrected chi connectivity index (χ4v) is 3.53. The molecule has 7 nitrogen and oxygen atoms in total. The summed E-state index contributed by atoms with van der Waals surface area (Å²) >= 11 is 0. The standard InChI is InChI=1S/C24H28N4O3/c1-14(2)8-19(29)13-26-24(31)27-18-7-6-15(3)20(11-18)21-10-17-12-25-16(4)9-22(17)28(5)23(21)30/h6-7,9-12,14H,8,13H2,1-5H3,(H2,26,27,31). The molecule has 0 aliphatic carbocycles. The van der Waals surface area contributed by atoms with E-state index in [0.717, 1.165) is 27.7 Å². The van der Waals surface area contributed by atoms with E-state index >= 15 is 0 Å². The second-order valence-corrected chi connectivity index (χ2v) is 8.28. The number of benzene rings is 1. The molecule has 0 aliphatic heterocycles. The third-order valence-electron chi connectivity index (χ3n) is 5.11. The van der Waals surface area contributed by atoms with Crippen LogP contribution in [-0.4, -0.2) is 27.9 Å². The van der Waals surface area contributed by atoms with Crippen molar-refractivity contribution in [2.75, 3.05) is 11.9 Å². The van der Waals surface area contributed by atoms with Crippen LogP contribution in [0.5, 0.6) is 0 Å². The van der Waals surface area contributed by atoms with Gasteiger partial charge in [0.15, 0.2) is 5.78 Å². The third-order valence-corrected chi connectivity index (χ3v) is 5.11. The van der Waals surface area contributed by atoms with Gasteiger partial charge in [0.25, 0.3) is 5.56 Å². The van der Waals surface area contributed by atoms with Gasteiger partial charge in [0, 0.05) is 42.0 Å². The van der Waals surface area contributed by atoms with Crippen LogP contribution in [0.4, 0.5) is 10.5 Å². The van der Waals surface area contributed by atoms with Crippen LogP contribution in [-0.2, 0) is 11.8 Å². The predicted molar refractivity (Wildman–Crippen MR) is 123 cm³/mol. The molecule has 3 aromatic rings. The molecule has 0 spiro atoms. The highest BCUT2D eigenvalue weighted by molar-refractivity contribution is 5.94. The Morgan fingerprint density at radius 2 is 1.84 bits per heavy atom. The number of carbonyl (C=O) groups excluding carboxylic acids is 2. The number of pyridine rings is 2. The highest BCUT2D eigenvalue weighted by Gasteiger charge is 2.14. The smallest absolute Gasteiger partial charge is 0.319 e. The van der Waals surface area contributed by atoms with Crippen molar-refractivity contribution in [3.63, 3.8) is 0 Å². The molecule has 0 aliphatic rings. The first kappa shape index (κ1) is 22.2. The second kappa shape index (κ2) is 9.12. The molecule has 0 atom stereocenters. The average molecular weight is 421 g/mol. The number of Topliss-reactive ketones (excluding diaryl/α,β-unsaturated/α-hetero) is 1. The molecule has 0 saturated heterocycles. The minimum Gasteiger partial charge on any atom is -0.331 e. The molecule has 2 aromatic heterocycles. The van der Waals surface area contributed by atoms with Gasteiger partial charge in [-0.05, 0) is 55.2 Å². The van der Waals surface area contributed by atoms with Gasteiger partial charge in [0.1, 0.15) is 0 Å². The predicted octanol–water partition coefficient (Wildman–Crippen LogP) is 3.95. The number of rotatable bonds is 6. The summed E-state index contributed by atoms with van der Waals surface area (Å²) in [7, 11) is 1.74. The van der Waals surface area contributed by atoms with E-state index in [0.29, 0.717) is 17.7 Å². The zero-order valence-electron chi connectivity index (χ0n) is 18.6. The van der Waals surface area contributed by atoms with E-state index in [1.807, 2.05) is 45.9 Å². The van der Waals surface area contributed by atoms with Crippen LogP contribution in [0, 0.1) is 19.8 Å². The van der Waals surface area contributed by atoms with Crippen molar-refractivity contribution in [2.45, 2.75) is 34.1 Å². The van der Waals surface area contributed by atoms with Crippen LogP contribution in [0.2, 0.25) is 0 Å². The van der Waals surface area contributed by atoms with Crippen LogP contribution >= 0.6 is 0 Å². The summed E-state index contributed by atoms with van der Waals surface area (Å²) in [6.45, 7) is 7.71. The number of carbonyl (C=O) groups is 2. The number of amides is 2. The molecule has 2 amide bonds. The summed E-state index contributed by atoms with van der Waals surface area (Å²) in [6, 6.07) is 8.65. The van der Waals surface area contributed by atoms with Crippen molar-refractivity contribution < 1.29 is 9.59 Å². The summed E-state index contributed by atoms with van der Waals surface area (Å²) in [5.74, 6) is 0.235. The maximum atomic E-state index is 13.1. The number of nitrogens with one attached hydrogen (secondary N) is 2. The Bertz CT molecular complexity index is 1210. The molecule has 7 heteroatoms. The third kappa shape index (κ3) is 5.17. The van der Waals surface area contributed by atoms with E-state index in [1.165, 1.54) is 0 Å². The maximum Gasteiger partial charge on any atom is 0.319 e. The quantitative estimate of drug-likeness (QED) is 0.631. The maximum absolute atomic E-state index is 13.1. The van der Waals surface area contributed by atoms with Crippen LogP contribution < -0.4 is 16.2 Å². The zero-order valence-corrected chi connectivity index (χ0v) is 18.6. The van der Waals surface area contributed by atoms with Crippen molar-refractivity contribution in [2.24, 2.45) is 13.0 Å². The first-order valence-electron chi connectivity index (χ1n) is 10.3. The normalized spacial score (nSPS) is 11.0. The lowest BCUT2D eigenvalue weighted by molar-refractivity contribution is -0.118. The highest BCUT2D eigenvalue weighted by atomic mass is 16.2. The monoisotopic (exact) mass is 420 g/mol. The van der Waals surface area contributed by atoms with Gasteiger partial charge < -0.3 is 15.2 Å². The molecular formula is C24H28N4O3. The summed E-state index contributed by atoms with van der Waals surface area (Å²) in [6.07, 6.45) is 2.18. The number of nitrogens with zero attached hydrogens (tertiary/aromatic N) is 2. The van der Waals surface area contributed by atoms with Crippen molar-refractivity contribution in [3.05, 3.63) is 58.1 Å². The fraction of sp³-hybridized carbons (Fsp3) is 0.333. The molecule has 0 fully saturated rings. The topological polar surface area (TPSA) is 93.1 Å². The Balaban J connectivity index is 1.87. The lowest BCUT2D eigenvalue weighted by atomic mass is 9.99. The summed E-state index contributed by atoms with van der Waals surface area (Å²) in [5, 5.41) is 6.19. The SMILES string of the molecule is Cc1cc2c(cn1)cc(-c1cc(NC(=O)NCC(=O)CC(C)C)ccc1C)c(=O)n2C. The van der Waals surface area contributed by atoms with E-state index in [2.05, 4.69) is 15.6 Å². The molecular weight excluding hydrogens is 392 g/mol. The van der Waals surface area contributed by atoms with Crippen molar-refractivity contribution >= 4 is 28.4 Å². The molecule has 1 aromatic carbocycles. The Morgan fingerprint density at radius 1 is 1.10 bits per heavy atom. The molecule has 0 saturated carbocycles. The number of hydrogen-bond donors (Lipinski definition) is 2. The number of aromatic nitrogens is 2. The van der Waals surface area contributed by atoms with Crippen molar-refractivity contribution in [3.8, 4) is 11.1 Å². The number of anilines is 1. The Morgan fingerprint density at radius 3 is 2.55 bits per heavy atom. The summed E-state index contributed by atoms with van der Waals surface area (Å²) in [4.78, 5) is 41.4. The Hall–Kier alpha value is -3.48. The minimum absolute atomic E-state index is 0.0135. The molecule has 2 N–H and O–H groups in total. The lowest BCUT2D eigenvalue weighted by Gasteiger charge is -2.13. The van der Waals surface area contributed by atoms with E-state index in [4.69, 9.17) is 0 Å². The van der Waals surface area contributed by atoms with Gasteiger partial charge in [0.05, 0.1) is 12.1 Å². The second-order valence-electron chi connectivity index (χ2n) is 8.28. The van der Waals surface area contributed by atoms with Gasteiger partial charge in [-0.15, -0.1) is 0 Å². The molecule has 0 bridgehead atoms. The number of urea groups is 1. The van der Waals surface area contributed by atoms with Crippen molar-refractivity contribution in [1.29, 1.82) is 0 Å². The van der Waals surface area contributed by atoms with E-state index < -0.39 is 6.03 Å². The minimum atomic E-state index is -0.460. The van der Waals surface area contributed by atoms with Crippen LogP contribution in [0.15, 0.2) is 41.3 Å². The highest BCUT2D eigenvalue weighted by Crippen LogP contribution is 2.26. The van der Waals surface area contributed by atoms with E-state index in [-0.39, 0.29) is 23.8 Å². The van der Waals surface area contributed by atoms with E-state index in [1.54, 1.807) is 29.9 Å². The van der Waals surface area contributed by atoms with Gasteiger partial charge in [-0.3, -0.25) is 14.6 Å². The fourth-order valence-electron chi connectivity index (χ4n) is 3.53. The van der Waals surface area contributed by atoms with Gasteiger partial charge in [-0.25, -0.2) is 4.79 Å². The Labute approximate surface area is 181 Å². The number of fused-ring (bicyclic) bond motifs is 1. The first-order chi connectivity index (χ1) is 14.7. The number of aryl methyl sites for hydroxylation is 3. The van der Waals surface area contributed by atoms with Gasteiger partial charge >= 0.3 is 6.03 Å². The van der Waals surface area contributed by atoms with Crippen LogP contribution in [0.1, 0.15) is 31.5 Å². The zero-order chi connectivity index (χ0) is 22.7. The van der Waals surface area contributed by atoms with Gasteiger partial charge in [-0.1, -0.05) is 19.9 Å².